The van der Waals surface area contributed by atoms with Crippen molar-refractivity contribution < 1.29 is 4.79 Å². The molecule has 0 bridgehead atoms. The second-order valence-electron chi connectivity index (χ2n) is 1.68. The minimum atomic E-state index is -0.300. The highest BCUT2D eigenvalue weighted by Crippen LogP contribution is 2.06. The summed E-state index contributed by atoms with van der Waals surface area (Å²) in [5.74, 6) is 0.411. The minimum Gasteiger partial charge on any atom is -0.281 e. The van der Waals surface area contributed by atoms with Gasteiger partial charge in [0.15, 0.2) is 0 Å². The molecule has 0 amide bonds. The van der Waals surface area contributed by atoms with Crippen LogP contribution in [0.5, 0.6) is 0 Å². The van der Waals surface area contributed by atoms with E-state index in [0.29, 0.717) is 12.3 Å². The van der Waals surface area contributed by atoms with Crippen LogP contribution in [0.25, 0.3) is 0 Å². The van der Waals surface area contributed by atoms with Crippen molar-refractivity contribution in [3.05, 3.63) is 0 Å². The third kappa shape index (κ3) is 3.28. The summed E-state index contributed by atoms with van der Waals surface area (Å²) in [6, 6.07) is 0. The van der Waals surface area contributed by atoms with Gasteiger partial charge >= 0.3 is 0 Å². The zero-order valence-corrected chi connectivity index (χ0v) is 6.17. The Morgan fingerprint density at radius 1 is 1.75 bits per heavy atom. The van der Waals surface area contributed by atoms with E-state index in [0.717, 1.165) is 0 Å². The molecule has 1 atom stereocenters. The maximum atomic E-state index is 10.2. The van der Waals surface area contributed by atoms with Gasteiger partial charge in [0.2, 0.25) is 5.24 Å². The fraction of sp³-hybridized carbons (Fsp3) is 0.800. The topological polar surface area (TPSA) is 17.1 Å². The van der Waals surface area contributed by atoms with E-state index >= 15 is 0 Å². The van der Waals surface area contributed by atoms with Gasteiger partial charge in [-0.3, -0.25) is 4.79 Å². The third-order valence-corrected chi connectivity index (χ3v) is 1.52. The predicted octanol–water partition coefficient (Wildman–Crippen LogP) is 2.02. The van der Waals surface area contributed by atoms with Gasteiger partial charge in [-0.05, 0) is 18.0 Å². The van der Waals surface area contributed by atoms with Crippen molar-refractivity contribution in [3.63, 3.8) is 0 Å². The van der Waals surface area contributed by atoms with Crippen LogP contribution in [0.1, 0.15) is 13.3 Å². The van der Waals surface area contributed by atoms with Gasteiger partial charge in [0.1, 0.15) is 0 Å². The van der Waals surface area contributed by atoms with E-state index in [1.54, 1.807) is 6.92 Å². The van der Waals surface area contributed by atoms with E-state index in [1.165, 1.54) is 0 Å². The number of carbonyl (C=O) groups excluding carboxylic acids is 1. The van der Waals surface area contributed by atoms with Gasteiger partial charge in [-0.1, -0.05) is 6.92 Å². The van der Waals surface area contributed by atoms with Crippen molar-refractivity contribution >= 4 is 28.4 Å². The van der Waals surface area contributed by atoms with Crippen LogP contribution in [0.4, 0.5) is 0 Å². The maximum absolute atomic E-state index is 10.2. The fourth-order valence-corrected chi connectivity index (χ4v) is 0.714. The van der Waals surface area contributed by atoms with Gasteiger partial charge in [0.25, 0.3) is 0 Å². The van der Waals surface area contributed by atoms with Crippen molar-refractivity contribution in [2.45, 2.75) is 13.3 Å². The Labute approximate surface area is 59.0 Å². The van der Waals surface area contributed by atoms with Crippen LogP contribution in [0.15, 0.2) is 0 Å². The van der Waals surface area contributed by atoms with Crippen molar-refractivity contribution in [2.24, 2.45) is 5.92 Å². The Bertz CT molecular complexity index is 82.5. The lowest BCUT2D eigenvalue weighted by Gasteiger charge is -1.98. The van der Waals surface area contributed by atoms with Gasteiger partial charge in [-0.15, -0.1) is 11.6 Å². The van der Waals surface area contributed by atoms with Crippen LogP contribution >= 0.6 is 23.2 Å². The molecule has 0 aliphatic heterocycles. The fourth-order valence-electron chi connectivity index (χ4n) is 0.277. The molecule has 0 aromatic heterocycles. The summed E-state index contributed by atoms with van der Waals surface area (Å²) >= 11 is 10.4. The Kier molecular flexibility index (Phi) is 4.29. The first kappa shape index (κ1) is 8.25. The summed E-state index contributed by atoms with van der Waals surface area (Å²) in [7, 11) is 0. The number of halogens is 2. The Balaban J connectivity index is 3.32. The molecule has 0 aromatic rings. The number of rotatable bonds is 3. The largest absolute Gasteiger partial charge is 0.281 e. The van der Waals surface area contributed by atoms with Crippen LogP contribution in [-0.2, 0) is 4.79 Å². The molecule has 48 valence electrons. The standard InChI is InChI=1S/C5H8Cl2O/c1-4(2-3-6)5(7)8/h4H,2-3H2,1H3/t4-/m0/s1. The van der Waals surface area contributed by atoms with Crippen LogP contribution in [0, 0.1) is 5.92 Å². The van der Waals surface area contributed by atoms with Crippen LogP contribution in [0.3, 0.4) is 0 Å². The summed E-state index contributed by atoms with van der Waals surface area (Å²) in [5.41, 5.74) is 0. The molecule has 0 fully saturated rings. The number of alkyl halides is 1. The first-order valence-electron chi connectivity index (χ1n) is 2.43. The number of carbonyl (C=O) groups is 1. The molecule has 0 aliphatic carbocycles. The molecule has 0 saturated carbocycles. The summed E-state index contributed by atoms with van der Waals surface area (Å²) in [6.45, 7) is 1.76. The Morgan fingerprint density at radius 3 is 2.38 bits per heavy atom. The average Bonchev–Trinajstić information content (AvgIpc) is 1.67. The Morgan fingerprint density at radius 2 is 2.25 bits per heavy atom. The van der Waals surface area contributed by atoms with E-state index in [1.807, 2.05) is 0 Å². The molecule has 0 unspecified atom stereocenters. The van der Waals surface area contributed by atoms with Crippen LogP contribution < -0.4 is 0 Å². The Hall–Kier alpha value is 0.250. The molecule has 8 heavy (non-hydrogen) atoms. The van der Waals surface area contributed by atoms with E-state index in [2.05, 4.69) is 0 Å². The van der Waals surface area contributed by atoms with E-state index < -0.39 is 0 Å². The number of hydrogen-bond acceptors (Lipinski definition) is 1. The third-order valence-electron chi connectivity index (χ3n) is 0.930. The number of hydrogen-bond donors (Lipinski definition) is 0. The van der Waals surface area contributed by atoms with Crippen LogP contribution in [0.2, 0.25) is 0 Å². The van der Waals surface area contributed by atoms with E-state index in [9.17, 15) is 4.79 Å². The molecule has 0 heterocycles. The predicted molar refractivity (Wildman–Crippen MR) is 35.4 cm³/mol. The molecule has 0 saturated heterocycles. The highest BCUT2D eigenvalue weighted by atomic mass is 35.5. The first-order valence-corrected chi connectivity index (χ1v) is 3.35. The first-order chi connectivity index (χ1) is 3.68. The summed E-state index contributed by atoms with van der Waals surface area (Å²) in [6.07, 6.45) is 0.671. The zero-order chi connectivity index (χ0) is 6.57. The SMILES string of the molecule is C[C@@H](CCCl)C(=O)Cl. The van der Waals surface area contributed by atoms with Gasteiger partial charge < -0.3 is 0 Å². The lowest BCUT2D eigenvalue weighted by Crippen LogP contribution is -2.03. The normalized spacial score (nSPS) is 13.4. The van der Waals surface area contributed by atoms with Crippen molar-refractivity contribution in [1.29, 1.82) is 0 Å². The molecule has 0 rings (SSSR count). The van der Waals surface area contributed by atoms with Gasteiger partial charge in [0.05, 0.1) is 0 Å². The lowest BCUT2D eigenvalue weighted by atomic mass is 10.1. The minimum absolute atomic E-state index is 0.0887. The maximum Gasteiger partial charge on any atom is 0.224 e. The quantitative estimate of drug-likeness (QED) is 0.450. The lowest BCUT2D eigenvalue weighted by molar-refractivity contribution is -0.114. The summed E-state index contributed by atoms with van der Waals surface area (Å²) < 4.78 is 0. The second kappa shape index (κ2) is 4.16. The van der Waals surface area contributed by atoms with Gasteiger partial charge in [-0.2, -0.15) is 0 Å². The molecule has 0 N–H and O–H groups in total. The van der Waals surface area contributed by atoms with Crippen molar-refractivity contribution in [3.8, 4) is 0 Å². The average molecular weight is 155 g/mol. The summed E-state index contributed by atoms with van der Waals surface area (Å²) in [5, 5.41) is -0.300. The molecule has 1 nitrogen and oxygen atoms in total. The van der Waals surface area contributed by atoms with Crippen molar-refractivity contribution in [2.75, 3.05) is 5.88 Å². The van der Waals surface area contributed by atoms with E-state index in [-0.39, 0.29) is 11.2 Å². The molecular weight excluding hydrogens is 147 g/mol. The van der Waals surface area contributed by atoms with Crippen molar-refractivity contribution in [1.82, 2.24) is 0 Å². The van der Waals surface area contributed by atoms with Crippen LogP contribution in [-0.4, -0.2) is 11.1 Å². The smallest absolute Gasteiger partial charge is 0.224 e. The molecule has 0 aromatic carbocycles. The zero-order valence-electron chi connectivity index (χ0n) is 4.66. The molecule has 0 aliphatic rings. The molecule has 0 radical (unpaired) electrons. The van der Waals surface area contributed by atoms with Gasteiger partial charge in [-0.25, -0.2) is 0 Å². The van der Waals surface area contributed by atoms with E-state index in [4.69, 9.17) is 23.2 Å². The molecule has 3 heteroatoms. The van der Waals surface area contributed by atoms with Gasteiger partial charge in [0, 0.05) is 11.8 Å². The molecule has 0 spiro atoms. The highest BCUT2D eigenvalue weighted by molar-refractivity contribution is 6.63. The highest BCUT2D eigenvalue weighted by Gasteiger charge is 2.06. The second-order valence-corrected chi connectivity index (χ2v) is 2.43. The summed E-state index contributed by atoms with van der Waals surface area (Å²) in [4.78, 5) is 10.2. The molecular formula is C5H8Cl2O. The monoisotopic (exact) mass is 154 g/mol.